The second-order valence-electron chi connectivity index (χ2n) is 8.17. The molecule has 0 radical (unpaired) electrons. The van der Waals surface area contributed by atoms with E-state index in [4.69, 9.17) is 10.8 Å². The minimum Gasteiger partial charge on any atom is -0.481 e. The number of carboxylic acids is 2. The highest BCUT2D eigenvalue weighted by Crippen LogP contribution is 2.20. The Hall–Kier alpha value is -2.73. The monoisotopic (exact) mass is 458 g/mol. The number of hydrogen-bond donors (Lipinski definition) is 6. The molecule has 7 N–H and O–H groups in total. The van der Waals surface area contributed by atoms with Crippen LogP contribution >= 0.6 is 0 Å². The number of carboxylic acid groups (broad SMARTS) is 2. The summed E-state index contributed by atoms with van der Waals surface area (Å²) in [5.74, 6) is -4.71. The molecule has 12 heteroatoms. The van der Waals surface area contributed by atoms with Crippen LogP contribution in [0.4, 0.5) is 0 Å². The van der Waals surface area contributed by atoms with Crippen LogP contribution in [0, 0.1) is 5.92 Å². The Labute approximate surface area is 186 Å². The van der Waals surface area contributed by atoms with Crippen molar-refractivity contribution in [3.05, 3.63) is 0 Å². The van der Waals surface area contributed by atoms with Gasteiger partial charge in [0, 0.05) is 13.0 Å². The molecule has 0 spiro atoms. The van der Waals surface area contributed by atoms with E-state index < -0.39 is 59.9 Å². The van der Waals surface area contributed by atoms with Crippen molar-refractivity contribution in [3.8, 4) is 0 Å². The predicted octanol–water partition coefficient (Wildman–Crippen LogP) is -1.35. The summed E-state index contributed by atoms with van der Waals surface area (Å²) < 4.78 is 0. The number of aliphatic hydroxyl groups excluding tert-OH is 1. The van der Waals surface area contributed by atoms with Gasteiger partial charge in [-0.3, -0.25) is 19.2 Å². The molecule has 0 aromatic rings. The van der Waals surface area contributed by atoms with Crippen molar-refractivity contribution in [1.29, 1.82) is 0 Å². The van der Waals surface area contributed by atoms with Crippen LogP contribution in [0.1, 0.15) is 52.9 Å². The van der Waals surface area contributed by atoms with Crippen molar-refractivity contribution in [2.24, 2.45) is 11.7 Å². The lowest BCUT2D eigenvalue weighted by Crippen LogP contribution is -2.59. The third-order valence-corrected chi connectivity index (χ3v) is 5.66. The number of nitrogens with zero attached hydrogens (tertiary/aromatic N) is 1. The highest BCUT2D eigenvalue weighted by atomic mass is 16.4. The van der Waals surface area contributed by atoms with Gasteiger partial charge in [0.1, 0.15) is 12.1 Å². The minimum absolute atomic E-state index is 0.0627. The molecule has 12 nitrogen and oxygen atoms in total. The standard InChI is InChI=1S/C20H34N4O8/c1-4-10(2)15(18(29)23-16(11(3)25)20(31)32)22-17(28)13-6-5-9-24(13)19(30)12(21)7-8-14(26)27/h10-13,15-16,25H,4-9,21H2,1-3H3,(H,22,28)(H,23,29)(H,26,27)(H,31,32). The van der Waals surface area contributed by atoms with Gasteiger partial charge >= 0.3 is 11.9 Å². The maximum atomic E-state index is 13.0. The fraction of sp³-hybridized carbons (Fsp3) is 0.750. The van der Waals surface area contributed by atoms with Crippen LogP contribution in [0.2, 0.25) is 0 Å². The van der Waals surface area contributed by atoms with E-state index in [-0.39, 0.29) is 25.3 Å². The van der Waals surface area contributed by atoms with E-state index >= 15 is 0 Å². The zero-order chi connectivity index (χ0) is 24.6. The molecule has 3 amide bonds. The lowest BCUT2D eigenvalue weighted by atomic mass is 9.97. The highest BCUT2D eigenvalue weighted by molar-refractivity contribution is 5.94. The third kappa shape index (κ3) is 7.45. The zero-order valence-corrected chi connectivity index (χ0v) is 18.6. The number of rotatable bonds is 12. The van der Waals surface area contributed by atoms with Crippen molar-refractivity contribution in [1.82, 2.24) is 15.5 Å². The van der Waals surface area contributed by atoms with Gasteiger partial charge in [0.2, 0.25) is 17.7 Å². The molecule has 0 aliphatic carbocycles. The van der Waals surface area contributed by atoms with Crippen molar-refractivity contribution in [2.45, 2.75) is 83.1 Å². The molecule has 182 valence electrons. The second-order valence-corrected chi connectivity index (χ2v) is 8.17. The molecule has 0 saturated carbocycles. The summed E-state index contributed by atoms with van der Waals surface area (Å²) in [5, 5.41) is 32.4. The Morgan fingerprint density at radius 1 is 1.09 bits per heavy atom. The third-order valence-electron chi connectivity index (χ3n) is 5.66. The number of nitrogens with one attached hydrogen (secondary N) is 2. The smallest absolute Gasteiger partial charge is 0.328 e. The van der Waals surface area contributed by atoms with Crippen LogP contribution in [0.25, 0.3) is 0 Å². The Morgan fingerprint density at radius 3 is 2.22 bits per heavy atom. The fourth-order valence-electron chi connectivity index (χ4n) is 3.50. The summed E-state index contributed by atoms with van der Waals surface area (Å²) in [6.07, 6.45) is -0.296. The average molecular weight is 459 g/mol. The highest BCUT2D eigenvalue weighted by Gasteiger charge is 2.39. The van der Waals surface area contributed by atoms with E-state index in [2.05, 4.69) is 10.6 Å². The predicted molar refractivity (Wildman–Crippen MR) is 112 cm³/mol. The topological polar surface area (TPSA) is 199 Å². The van der Waals surface area contributed by atoms with Gasteiger partial charge in [-0.25, -0.2) is 4.79 Å². The van der Waals surface area contributed by atoms with Crippen LogP contribution < -0.4 is 16.4 Å². The number of nitrogens with two attached hydrogens (primary N) is 1. The zero-order valence-electron chi connectivity index (χ0n) is 18.6. The molecule has 1 aliphatic rings. The molecule has 0 aromatic heterocycles. The van der Waals surface area contributed by atoms with E-state index in [0.717, 1.165) is 0 Å². The van der Waals surface area contributed by atoms with Crippen LogP contribution in [-0.4, -0.2) is 86.7 Å². The second kappa shape index (κ2) is 12.3. The molecule has 0 bridgehead atoms. The maximum absolute atomic E-state index is 13.0. The number of hydrogen-bond acceptors (Lipinski definition) is 7. The molecule has 1 rings (SSSR count). The van der Waals surface area contributed by atoms with Gasteiger partial charge in [-0.05, 0) is 32.1 Å². The van der Waals surface area contributed by atoms with Gasteiger partial charge in [-0.2, -0.15) is 0 Å². The average Bonchev–Trinajstić information content (AvgIpc) is 3.21. The van der Waals surface area contributed by atoms with Crippen molar-refractivity contribution >= 4 is 29.7 Å². The summed E-state index contributed by atoms with van der Waals surface area (Å²) in [4.78, 5) is 61.6. The fourth-order valence-corrected chi connectivity index (χ4v) is 3.50. The molecule has 6 atom stereocenters. The first kappa shape index (κ1) is 27.3. The molecule has 1 aliphatic heterocycles. The Kier molecular flexibility index (Phi) is 10.5. The lowest BCUT2D eigenvalue weighted by Gasteiger charge is -2.30. The van der Waals surface area contributed by atoms with Crippen LogP contribution in [0.15, 0.2) is 0 Å². The van der Waals surface area contributed by atoms with Gasteiger partial charge in [0.25, 0.3) is 0 Å². The molecule has 0 aromatic carbocycles. The summed E-state index contributed by atoms with van der Waals surface area (Å²) >= 11 is 0. The van der Waals surface area contributed by atoms with Crippen LogP contribution in [-0.2, 0) is 24.0 Å². The van der Waals surface area contributed by atoms with E-state index in [9.17, 15) is 34.2 Å². The number of carbonyl (C=O) groups excluding carboxylic acids is 3. The molecule has 32 heavy (non-hydrogen) atoms. The van der Waals surface area contributed by atoms with Gasteiger partial charge in [-0.1, -0.05) is 20.3 Å². The number of amides is 3. The van der Waals surface area contributed by atoms with E-state index in [1.807, 2.05) is 0 Å². The summed E-state index contributed by atoms with van der Waals surface area (Å²) in [6.45, 7) is 5.02. The van der Waals surface area contributed by atoms with Crippen molar-refractivity contribution in [3.63, 3.8) is 0 Å². The normalized spacial score (nSPS) is 20.5. The summed E-state index contributed by atoms with van der Waals surface area (Å²) in [5.41, 5.74) is 5.81. The van der Waals surface area contributed by atoms with Gasteiger partial charge in [0.05, 0.1) is 12.1 Å². The van der Waals surface area contributed by atoms with Crippen LogP contribution in [0.5, 0.6) is 0 Å². The Bertz CT molecular complexity index is 714. The Morgan fingerprint density at radius 2 is 1.72 bits per heavy atom. The van der Waals surface area contributed by atoms with E-state index in [1.165, 1.54) is 11.8 Å². The minimum atomic E-state index is -1.54. The van der Waals surface area contributed by atoms with Gasteiger partial charge < -0.3 is 36.6 Å². The van der Waals surface area contributed by atoms with E-state index in [1.54, 1.807) is 13.8 Å². The molecule has 1 heterocycles. The lowest BCUT2D eigenvalue weighted by molar-refractivity contribution is -0.146. The number of aliphatic carboxylic acids is 2. The number of aliphatic hydroxyl groups is 1. The first-order valence-electron chi connectivity index (χ1n) is 10.7. The number of likely N-dealkylation sites (tertiary alicyclic amines) is 1. The first-order valence-corrected chi connectivity index (χ1v) is 10.7. The molecular formula is C20H34N4O8. The summed E-state index contributed by atoms with van der Waals surface area (Å²) in [7, 11) is 0. The molecule has 6 unspecified atom stereocenters. The first-order chi connectivity index (χ1) is 14.9. The molecule has 1 saturated heterocycles. The molecule has 1 fully saturated rings. The quantitative estimate of drug-likeness (QED) is 0.204. The number of carbonyl (C=O) groups is 5. The van der Waals surface area contributed by atoms with Crippen molar-refractivity contribution in [2.75, 3.05) is 6.54 Å². The summed E-state index contributed by atoms with van der Waals surface area (Å²) in [6, 6.07) is -4.55. The van der Waals surface area contributed by atoms with Crippen molar-refractivity contribution < 1.29 is 39.3 Å². The Balaban J connectivity index is 2.92. The maximum Gasteiger partial charge on any atom is 0.328 e. The van der Waals surface area contributed by atoms with Crippen LogP contribution in [0.3, 0.4) is 0 Å². The largest absolute Gasteiger partial charge is 0.481 e. The molecular weight excluding hydrogens is 424 g/mol. The van der Waals surface area contributed by atoms with E-state index in [0.29, 0.717) is 19.3 Å². The van der Waals surface area contributed by atoms with Gasteiger partial charge in [-0.15, -0.1) is 0 Å². The van der Waals surface area contributed by atoms with Gasteiger partial charge in [0.15, 0.2) is 6.04 Å². The SMILES string of the molecule is CCC(C)C(NC(=O)C1CCCN1C(=O)C(N)CCC(=O)O)C(=O)NC(C(=O)O)C(C)O.